The minimum atomic E-state index is -0.101. The predicted molar refractivity (Wildman–Crippen MR) is 76.5 cm³/mol. The van der Waals surface area contributed by atoms with Crippen molar-refractivity contribution in [2.75, 3.05) is 24.3 Å². The zero-order valence-corrected chi connectivity index (χ0v) is 11.8. The fourth-order valence-electron chi connectivity index (χ4n) is 2.07. The molecule has 1 N–H and O–H groups in total. The van der Waals surface area contributed by atoms with Crippen LogP contribution in [0.1, 0.15) is 17.2 Å². The molecule has 0 aliphatic carbocycles. The lowest BCUT2D eigenvalue weighted by molar-refractivity contribution is 0.575. The summed E-state index contributed by atoms with van der Waals surface area (Å²) in [5, 5.41) is 3.88. The van der Waals surface area contributed by atoms with E-state index in [4.69, 9.17) is 0 Å². The number of nitrogens with one attached hydrogen (secondary N) is 1. The quantitative estimate of drug-likeness (QED) is 0.906. The van der Waals surface area contributed by atoms with Crippen LogP contribution in [0.5, 0.6) is 0 Å². The second-order valence-electron chi connectivity index (χ2n) is 4.26. The van der Waals surface area contributed by atoms with Crippen molar-refractivity contribution in [3.05, 3.63) is 35.1 Å². The van der Waals surface area contributed by atoms with Crippen LogP contribution in [0.25, 0.3) is 0 Å². The topological polar surface area (TPSA) is 12.0 Å². The van der Waals surface area contributed by atoms with Gasteiger partial charge in [0.1, 0.15) is 5.82 Å². The summed E-state index contributed by atoms with van der Waals surface area (Å²) < 4.78 is 13.6. The van der Waals surface area contributed by atoms with Crippen LogP contribution in [-0.4, -0.2) is 29.6 Å². The van der Waals surface area contributed by atoms with Gasteiger partial charge in [0.05, 0.1) is 0 Å². The summed E-state index contributed by atoms with van der Waals surface area (Å²) in [4.78, 5) is 0. The lowest BCUT2D eigenvalue weighted by Gasteiger charge is -2.29. The number of benzene rings is 1. The summed E-state index contributed by atoms with van der Waals surface area (Å²) in [5.74, 6) is 3.48. The molecule has 1 fully saturated rings. The first-order valence-corrected chi connectivity index (χ1v) is 8.05. The smallest absolute Gasteiger partial charge is 0.126 e. The normalized spacial score (nSPS) is 22.4. The van der Waals surface area contributed by atoms with E-state index in [0.717, 1.165) is 11.3 Å². The van der Waals surface area contributed by atoms with Gasteiger partial charge >= 0.3 is 0 Å². The molecule has 0 bridgehead atoms. The van der Waals surface area contributed by atoms with Crippen LogP contribution in [0.2, 0.25) is 0 Å². The molecule has 94 valence electrons. The Labute approximate surface area is 111 Å². The van der Waals surface area contributed by atoms with Crippen LogP contribution in [0.4, 0.5) is 4.39 Å². The van der Waals surface area contributed by atoms with E-state index in [0.29, 0.717) is 10.8 Å². The number of halogens is 1. The summed E-state index contributed by atoms with van der Waals surface area (Å²) in [5.41, 5.74) is 1.78. The van der Waals surface area contributed by atoms with Crippen LogP contribution in [0, 0.1) is 12.7 Å². The van der Waals surface area contributed by atoms with Gasteiger partial charge in [-0.1, -0.05) is 12.1 Å². The largest absolute Gasteiger partial charge is 0.312 e. The molecule has 17 heavy (non-hydrogen) atoms. The molecular formula is C13H18FNS2. The average Bonchev–Trinajstić information content (AvgIpc) is 2.36. The van der Waals surface area contributed by atoms with Crippen molar-refractivity contribution in [3.63, 3.8) is 0 Å². The van der Waals surface area contributed by atoms with E-state index in [1.807, 2.05) is 42.7 Å². The Morgan fingerprint density at radius 1 is 1.41 bits per heavy atom. The number of thioether (sulfide) groups is 2. The van der Waals surface area contributed by atoms with Crippen LogP contribution < -0.4 is 5.32 Å². The van der Waals surface area contributed by atoms with Crippen molar-refractivity contribution in [1.82, 2.24) is 5.32 Å². The highest BCUT2D eigenvalue weighted by atomic mass is 32.2. The van der Waals surface area contributed by atoms with E-state index in [9.17, 15) is 4.39 Å². The third-order valence-electron chi connectivity index (χ3n) is 3.08. The van der Waals surface area contributed by atoms with E-state index in [-0.39, 0.29) is 11.9 Å². The molecule has 1 aromatic carbocycles. The van der Waals surface area contributed by atoms with Crippen LogP contribution >= 0.6 is 23.5 Å². The van der Waals surface area contributed by atoms with Crippen LogP contribution in [0.15, 0.2) is 18.2 Å². The van der Waals surface area contributed by atoms with E-state index in [1.165, 1.54) is 11.5 Å². The molecule has 2 rings (SSSR count). The minimum absolute atomic E-state index is 0.101. The van der Waals surface area contributed by atoms with Gasteiger partial charge in [-0.15, -0.1) is 0 Å². The van der Waals surface area contributed by atoms with Gasteiger partial charge in [0.25, 0.3) is 0 Å². The summed E-state index contributed by atoms with van der Waals surface area (Å²) in [7, 11) is 1.96. The van der Waals surface area contributed by atoms with Crippen molar-refractivity contribution in [2.24, 2.45) is 0 Å². The van der Waals surface area contributed by atoms with Crippen molar-refractivity contribution < 1.29 is 4.39 Å². The molecule has 1 nitrogen and oxygen atoms in total. The molecule has 1 saturated heterocycles. The molecule has 0 aromatic heterocycles. The molecular weight excluding hydrogens is 253 g/mol. The van der Waals surface area contributed by atoms with E-state index < -0.39 is 0 Å². The molecule has 2 atom stereocenters. The second-order valence-corrected chi connectivity index (χ2v) is 6.76. The predicted octanol–water partition coefficient (Wildman–Crippen LogP) is 3.24. The van der Waals surface area contributed by atoms with E-state index >= 15 is 0 Å². The first-order chi connectivity index (χ1) is 8.22. The lowest BCUT2D eigenvalue weighted by Crippen LogP contribution is -2.31. The standard InChI is InChI=1S/C13H18FNS2/c1-9-3-4-10(7-11(9)14)13(15-2)12-8-16-5-6-17-12/h3-4,7,12-13,15H,5-6,8H2,1-2H3. The summed E-state index contributed by atoms with van der Waals surface area (Å²) in [6.45, 7) is 1.80. The van der Waals surface area contributed by atoms with Gasteiger partial charge in [-0.3, -0.25) is 0 Å². The number of hydrogen-bond donors (Lipinski definition) is 1. The van der Waals surface area contributed by atoms with Gasteiger partial charge in [-0.05, 0) is 31.2 Å². The Balaban J connectivity index is 2.18. The highest BCUT2D eigenvalue weighted by Gasteiger charge is 2.25. The Morgan fingerprint density at radius 3 is 2.82 bits per heavy atom. The van der Waals surface area contributed by atoms with Gasteiger partial charge in [0, 0.05) is 28.6 Å². The SMILES string of the molecule is CNC(c1ccc(C)c(F)c1)C1CSCCS1. The highest BCUT2D eigenvalue weighted by Crippen LogP contribution is 2.33. The summed E-state index contributed by atoms with van der Waals surface area (Å²) >= 11 is 3.99. The molecule has 0 spiro atoms. The molecule has 2 unspecified atom stereocenters. The number of aryl methyl sites for hydroxylation is 1. The maximum absolute atomic E-state index is 13.6. The molecule has 1 aliphatic heterocycles. The third kappa shape index (κ3) is 3.18. The summed E-state index contributed by atoms with van der Waals surface area (Å²) in [6.07, 6.45) is 0. The third-order valence-corrected chi connectivity index (χ3v) is 5.94. The molecule has 0 radical (unpaired) electrons. The number of hydrogen-bond acceptors (Lipinski definition) is 3. The average molecular weight is 271 g/mol. The van der Waals surface area contributed by atoms with Gasteiger partial charge in [0.15, 0.2) is 0 Å². The second kappa shape index (κ2) is 6.12. The van der Waals surface area contributed by atoms with Crippen molar-refractivity contribution in [1.29, 1.82) is 0 Å². The Bertz CT molecular complexity index is 378. The number of rotatable bonds is 3. The molecule has 4 heteroatoms. The first kappa shape index (κ1) is 13.2. The Morgan fingerprint density at radius 2 is 2.24 bits per heavy atom. The molecule has 1 aromatic rings. The molecule has 1 heterocycles. The molecule has 0 amide bonds. The van der Waals surface area contributed by atoms with Gasteiger partial charge in [-0.2, -0.15) is 23.5 Å². The first-order valence-electron chi connectivity index (χ1n) is 5.85. The van der Waals surface area contributed by atoms with Gasteiger partial charge in [0.2, 0.25) is 0 Å². The zero-order valence-electron chi connectivity index (χ0n) is 10.2. The van der Waals surface area contributed by atoms with E-state index in [2.05, 4.69) is 5.32 Å². The Kier molecular flexibility index (Phi) is 4.77. The Hall–Kier alpha value is -0.190. The van der Waals surface area contributed by atoms with Crippen molar-refractivity contribution in [2.45, 2.75) is 18.2 Å². The summed E-state index contributed by atoms with van der Waals surface area (Å²) in [6, 6.07) is 5.84. The molecule has 1 aliphatic rings. The minimum Gasteiger partial charge on any atom is -0.312 e. The van der Waals surface area contributed by atoms with Gasteiger partial charge < -0.3 is 5.32 Å². The van der Waals surface area contributed by atoms with Crippen LogP contribution in [-0.2, 0) is 0 Å². The fraction of sp³-hybridized carbons (Fsp3) is 0.538. The molecule has 0 saturated carbocycles. The maximum Gasteiger partial charge on any atom is 0.126 e. The van der Waals surface area contributed by atoms with Crippen LogP contribution in [0.3, 0.4) is 0 Å². The fourth-order valence-corrected chi connectivity index (χ4v) is 4.98. The highest BCUT2D eigenvalue weighted by molar-refractivity contribution is 8.06. The zero-order chi connectivity index (χ0) is 12.3. The van der Waals surface area contributed by atoms with Crippen molar-refractivity contribution >= 4 is 23.5 Å². The lowest BCUT2D eigenvalue weighted by atomic mass is 10.0. The monoisotopic (exact) mass is 271 g/mol. The van der Waals surface area contributed by atoms with Crippen molar-refractivity contribution in [3.8, 4) is 0 Å². The van der Waals surface area contributed by atoms with E-state index in [1.54, 1.807) is 13.0 Å². The maximum atomic E-state index is 13.6. The van der Waals surface area contributed by atoms with Gasteiger partial charge in [-0.25, -0.2) is 4.39 Å².